The van der Waals surface area contributed by atoms with Gasteiger partial charge in [-0.3, -0.25) is 4.79 Å². The summed E-state index contributed by atoms with van der Waals surface area (Å²) < 4.78 is 41.4. The van der Waals surface area contributed by atoms with Crippen LogP contribution in [-0.2, 0) is 17.1 Å². The summed E-state index contributed by atoms with van der Waals surface area (Å²) >= 11 is 0. The summed E-state index contributed by atoms with van der Waals surface area (Å²) in [5.74, 6) is -1.14. The Labute approximate surface area is 140 Å². The Morgan fingerprint density at radius 3 is 2.46 bits per heavy atom. The highest BCUT2D eigenvalue weighted by atomic mass is 32.2. The van der Waals surface area contributed by atoms with Gasteiger partial charge in [-0.2, -0.15) is 4.31 Å². The van der Waals surface area contributed by atoms with E-state index in [1.807, 2.05) is 0 Å². The molecule has 0 spiro atoms. The molecule has 0 aliphatic rings. The molecular weight excluding hydrogens is 333 g/mol. The standard InChI is InChI=1S/C16H20FN3O3S/c1-4-20(5-2)24(22,23)12-10-15(19(3)11-12)16(21)18-14-9-7-6-8-13(14)17/h6-11H,4-5H2,1-3H3,(H,18,21). The first-order valence-corrected chi connectivity index (χ1v) is 8.97. The van der Waals surface area contributed by atoms with E-state index in [2.05, 4.69) is 5.32 Å². The van der Waals surface area contributed by atoms with Gasteiger partial charge in [-0.25, -0.2) is 12.8 Å². The van der Waals surface area contributed by atoms with E-state index in [1.165, 1.54) is 39.3 Å². The zero-order valence-corrected chi connectivity index (χ0v) is 14.6. The minimum absolute atomic E-state index is 0.0346. The van der Waals surface area contributed by atoms with Crippen molar-refractivity contribution in [2.24, 2.45) is 7.05 Å². The first-order valence-electron chi connectivity index (χ1n) is 7.53. The number of aromatic nitrogens is 1. The van der Waals surface area contributed by atoms with E-state index in [1.54, 1.807) is 27.0 Å². The molecule has 2 aromatic rings. The summed E-state index contributed by atoms with van der Waals surface area (Å²) in [5, 5.41) is 2.45. The van der Waals surface area contributed by atoms with Gasteiger partial charge in [0, 0.05) is 26.3 Å². The number of anilines is 1. The molecule has 1 heterocycles. The third-order valence-corrected chi connectivity index (χ3v) is 5.69. The average Bonchev–Trinajstić information content (AvgIpc) is 2.93. The Bertz CT molecular complexity index is 842. The maximum Gasteiger partial charge on any atom is 0.272 e. The molecule has 0 fully saturated rings. The van der Waals surface area contributed by atoms with Gasteiger partial charge >= 0.3 is 0 Å². The average molecular weight is 353 g/mol. The normalized spacial score (nSPS) is 11.7. The van der Waals surface area contributed by atoms with Crippen LogP contribution >= 0.6 is 0 Å². The van der Waals surface area contributed by atoms with Gasteiger partial charge in [0.05, 0.1) is 5.69 Å². The van der Waals surface area contributed by atoms with Gasteiger partial charge in [0.15, 0.2) is 0 Å². The second-order valence-electron chi connectivity index (χ2n) is 5.20. The van der Waals surface area contributed by atoms with Crippen LogP contribution in [0.4, 0.5) is 10.1 Å². The molecule has 2 rings (SSSR count). The molecule has 0 atom stereocenters. The zero-order valence-electron chi connectivity index (χ0n) is 13.8. The number of halogens is 1. The van der Waals surface area contributed by atoms with E-state index >= 15 is 0 Å². The van der Waals surface area contributed by atoms with Crippen molar-refractivity contribution >= 4 is 21.6 Å². The molecule has 0 radical (unpaired) electrons. The molecule has 0 aliphatic carbocycles. The molecule has 0 saturated carbocycles. The number of amides is 1. The summed E-state index contributed by atoms with van der Waals surface area (Å²) in [4.78, 5) is 12.4. The molecule has 0 aliphatic heterocycles. The van der Waals surface area contributed by atoms with Gasteiger partial charge < -0.3 is 9.88 Å². The first kappa shape index (κ1) is 18.2. The van der Waals surface area contributed by atoms with Crippen molar-refractivity contribution in [1.82, 2.24) is 8.87 Å². The van der Waals surface area contributed by atoms with Crippen LogP contribution in [0.5, 0.6) is 0 Å². The lowest BCUT2D eigenvalue weighted by Crippen LogP contribution is -2.30. The van der Waals surface area contributed by atoms with Crippen molar-refractivity contribution in [1.29, 1.82) is 0 Å². The summed E-state index contributed by atoms with van der Waals surface area (Å²) in [7, 11) is -2.09. The Morgan fingerprint density at radius 2 is 1.88 bits per heavy atom. The monoisotopic (exact) mass is 353 g/mol. The second kappa shape index (κ2) is 7.14. The van der Waals surface area contributed by atoms with Gasteiger partial charge in [0.1, 0.15) is 16.4 Å². The fraction of sp³-hybridized carbons (Fsp3) is 0.312. The topological polar surface area (TPSA) is 71.4 Å². The van der Waals surface area contributed by atoms with Crippen LogP contribution in [0.1, 0.15) is 24.3 Å². The van der Waals surface area contributed by atoms with Gasteiger partial charge in [0.25, 0.3) is 5.91 Å². The van der Waals surface area contributed by atoms with Crippen LogP contribution in [0.2, 0.25) is 0 Å². The molecule has 1 aromatic heterocycles. The van der Waals surface area contributed by atoms with Crippen LogP contribution in [0.3, 0.4) is 0 Å². The van der Waals surface area contributed by atoms with Crippen molar-refractivity contribution in [2.75, 3.05) is 18.4 Å². The molecule has 8 heteroatoms. The van der Waals surface area contributed by atoms with Crippen LogP contribution in [0.15, 0.2) is 41.4 Å². The molecule has 6 nitrogen and oxygen atoms in total. The minimum atomic E-state index is -3.66. The molecule has 0 bridgehead atoms. The SMILES string of the molecule is CCN(CC)S(=O)(=O)c1cc(C(=O)Nc2ccccc2F)n(C)c1. The van der Waals surface area contributed by atoms with Gasteiger partial charge in [-0.15, -0.1) is 0 Å². The van der Waals surface area contributed by atoms with Crippen molar-refractivity contribution in [3.05, 3.63) is 48.0 Å². The predicted molar refractivity (Wildman–Crippen MR) is 89.9 cm³/mol. The van der Waals surface area contributed by atoms with Crippen LogP contribution in [0, 0.1) is 5.82 Å². The Kier molecular flexibility index (Phi) is 5.40. The van der Waals surface area contributed by atoms with Crippen molar-refractivity contribution in [3.8, 4) is 0 Å². The highest BCUT2D eigenvalue weighted by molar-refractivity contribution is 7.89. The molecule has 130 valence electrons. The summed E-state index contributed by atoms with van der Waals surface area (Å²) in [6.45, 7) is 4.17. The number of para-hydroxylation sites is 1. The number of carbonyl (C=O) groups is 1. The van der Waals surface area contributed by atoms with Crippen molar-refractivity contribution < 1.29 is 17.6 Å². The number of rotatable bonds is 6. The lowest BCUT2D eigenvalue weighted by Gasteiger charge is -2.17. The lowest BCUT2D eigenvalue weighted by atomic mass is 10.3. The molecule has 1 amide bonds. The lowest BCUT2D eigenvalue weighted by molar-refractivity contribution is 0.101. The summed E-state index contributed by atoms with van der Waals surface area (Å²) in [6.07, 6.45) is 1.38. The number of carbonyl (C=O) groups excluding carboxylic acids is 1. The van der Waals surface area contributed by atoms with E-state index in [-0.39, 0.29) is 16.3 Å². The number of hydrogen-bond donors (Lipinski definition) is 1. The van der Waals surface area contributed by atoms with E-state index < -0.39 is 21.7 Å². The summed E-state index contributed by atoms with van der Waals surface area (Å²) in [6, 6.07) is 7.08. The largest absolute Gasteiger partial charge is 0.345 e. The molecular formula is C16H20FN3O3S. The smallest absolute Gasteiger partial charge is 0.272 e. The first-order chi connectivity index (χ1) is 11.3. The Morgan fingerprint density at radius 1 is 1.25 bits per heavy atom. The Hall–Kier alpha value is -2.19. The maximum atomic E-state index is 13.6. The highest BCUT2D eigenvalue weighted by Gasteiger charge is 2.25. The van der Waals surface area contributed by atoms with E-state index in [0.717, 1.165) is 0 Å². The van der Waals surface area contributed by atoms with Crippen LogP contribution < -0.4 is 5.32 Å². The summed E-state index contributed by atoms with van der Waals surface area (Å²) in [5.41, 5.74) is 0.167. The number of benzene rings is 1. The number of sulfonamides is 1. The fourth-order valence-corrected chi connectivity index (χ4v) is 3.89. The third kappa shape index (κ3) is 3.49. The predicted octanol–water partition coefficient (Wildman–Crippen LogP) is 2.45. The minimum Gasteiger partial charge on any atom is -0.345 e. The molecule has 1 aromatic carbocycles. The number of hydrogen-bond acceptors (Lipinski definition) is 3. The number of nitrogens with zero attached hydrogens (tertiary/aromatic N) is 2. The van der Waals surface area contributed by atoms with Crippen LogP contribution in [-0.4, -0.2) is 36.3 Å². The van der Waals surface area contributed by atoms with Gasteiger partial charge in [-0.1, -0.05) is 26.0 Å². The molecule has 1 N–H and O–H groups in total. The Balaban J connectivity index is 2.32. The number of nitrogens with one attached hydrogen (secondary N) is 1. The zero-order chi connectivity index (χ0) is 17.9. The second-order valence-corrected chi connectivity index (χ2v) is 7.13. The molecule has 24 heavy (non-hydrogen) atoms. The quantitative estimate of drug-likeness (QED) is 0.867. The molecule has 0 unspecified atom stereocenters. The highest BCUT2D eigenvalue weighted by Crippen LogP contribution is 2.20. The fourth-order valence-electron chi connectivity index (χ4n) is 2.36. The van der Waals surface area contributed by atoms with Gasteiger partial charge in [0.2, 0.25) is 10.0 Å². The number of aryl methyl sites for hydroxylation is 1. The van der Waals surface area contributed by atoms with E-state index in [0.29, 0.717) is 13.1 Å². The van der Waals surface area contributed by atoms with Crippen LogP contribution in [0.25, 0.3) is 0 Å². The third-order valence-electron chi connectivity index (χ3n) is 3.68. The van der Waals surface area contributed by atoms with E-state index in [9.17, 15) is 17.6 Å². The molecule has 0 saturated heterocycles. The van der Waals surface area contributed by atoms with Crippen molar-refractivity contribution in [3.63, 3.8) is 0 Å². The van der Waals surface area contributed by atoms with Crippen molar-refractivity contribution in [2.45, 2.75) is 18.7 Å². The maximum absolute atomic E-state index is 13.6. The van der Waals surface area contributed by atoms with Gasteiger partial charge in [-0.05, 0) is 18.2 Å². The van der Waals surface area contributed by atoms with E-state index in [4.69, 9.17) is 0 Å².